The molecule has 0 atom stereocenters. The molecule has 0 aliphatic carbocycles. The summed E-state index contributed by atoms with van der Waals surface area (Å²) in [5.74, 6) is -0.711. The van der Waals surface area contributed by atoms with Crippen LogP contribution in [0.3, 0.4) is 0 Å². The fraction of sp³-hybridized carbons (Fsp3) is 0.0667. The van der Waals surface area contributed by atoms with E-state index in [2.05, 4.69) is 9.72 Å². The molecule has 3 rings (SSSR count). The topological polar surface area (TPSA) is 25.0 Å². The van der Waals surface area contributed by atoms with Gasteiger partial charge in [0, 0.05) is 22.2 Å². The van der Waals surface area contributed by atoms with Crippen molar-refractivity contribution in [3.05, 3.63) is 54.3 Å². The van der Waals surface area contributed by atoms with Crippen molar-refractivity contribution in [1.29, 1.82) is 0 Å². The van der Waals surface area contributed by atoms with Crippen LogP contribution in [0.15, 0.2) is 48.5 Å². The third-order valence-corrected chi connectivity index (χ3v) is 2.99. The van der Waals surface area contributed by atoms with E-state index in [-0.39, 0.29) is 5.75 Å². The summed E-state index contributed by atoms with van der Waals surface area (Å²) >= 11 is 0. The monoisotopic (exact) mass is 295 g/mol. The van der Waals surface area contributed by atoms with Crippen LogP contribution in [0, 0.1) is 5.82 Å². The molecular weight excluding hydrogens is 286 g/mol. The zero-order valence-corrected chi connectivity index (χ0v) is 10.5. The van der Waals surface area contributed by atoms with Gasteiger partial charge in [-0.1, -0.05) is 18.2 Å². The van der Waals surface area contributed by atoms with Crippen LogP contribution >= 0.6 is 0 Å². The molecular formula is C15H9F4NO. The Morgan fingerprint density at radius 1 is 0.952 bits per heavy atom. The average Bonchev–Trinajstić information content (AvgIpc) is 2.82. The highest BCUT2D eigenvalue weighted by molar-refractivity contribution is 5.86. The van der Waals surface area contributed by atoms with Crippen LogP contribution in [0.4, 0.5) is 17.6 Å². The fourth-order valence-electron chi connectivity index (χ4n) is 2.13. The number of H-pyrrole nitrogens is 1. The van der Waals surface area contributed by atoms with Crippen LogP contribution in [0.25, 0.3) is 22.2 Å². The number of hydrogen-bond donors (Lipinski definition) is 1. The summed E-state index contributed by atoms with van der Waals surface area (Å²) in [6, 6.07) is 11.6. The van der Waals surface area contributed by atoms with Crippen LogP contribution in [0.1, 0.15) is 0 Å². The summed E-state index contributed by atoms with van der Waals surface area (Å²) in [7, 11) is 0. The van der Waals surface area contributed by atoms with E-state index in [0.29, 0.717) is 22.2 Å². The second-order valence-corrected chi connectivity index (χ2v) is 4.46. The minimum Gasteiger partial charge on any atom is -0.406 e. The molecule has 0 bridgehead atoms. The number of halogens is 4. The summed E-state index contributed by atoms with van der Waals surface area (Å²) in [6.45, 7) is 0. The molecule has 0 unspecified atom stereocenters. The maximum Gasteiger partial charge on any atom is 0.573 e. The molecule has 0 fully saturated rings. The summed E-state index contributed by atoms with van der Waals surface area (Å²) in [5.41, 5.74) is 1.57. The first kappa shape index (κ1) is 13.5. The van der Waals surface area contributed by atoms with Crippen LogP contribution < -0.4 is 4.74 Å². The fourth-order valence-corrected chi connectivity index (χ4v) is 2.13. The molecule has 0 amide bonds. The maximum absolute atomic E-state index is 13.6. The highest BCUT2D eigenvalue weighted by atomic mass is 19.4. The van der Waals surface area contributed by atoms with Crippen molar-refractivity contribution in [2.24, 2.45) is 0 Å². The van der Waals surface area contributed by atoms with Crippen molar-refractivity contribution in [2.75, 3.05) is 0 Å². The average molecular weight is 295 g/mol. The molecule has 0 spiro atoms. The van der Waals surface area contributed by atoms with Gasteiger partial charge in [0.15, 0.2) is 0 Å². The van der Waals surface area contributed by atoms with E-state index < -0.39 is 12.2 Å². The quantitative estimate of drug-likeness (QED) is 0.670. The Morgan fingerprint density at radius 3 is 2.43 bits per heavy atom. The van der Waals surface area contributed by atoms with Gasteiger partial charge in [0.1, 0.15) is 11.6 Å². The minimum absolute atomic E-state index is 0.320. The third kappa shape index (κ3) is 2.84. The Balaban J connectivity index is 2.02. The van der Waals surface area contributed by atoms with Gasteiger partial charge < -0.3 is 9.72 Å². The SMILES string of the molecule is Fc1cccc2[nH]c(-c3cccc(OC(F)(F)F)c3)cc12. The molecule has 0 aliphatic heterocycles. The Kier molecular flexibility index (Phi) is 3.08. The first-order valence-electron chi connectivity index (χ1n) is 6.06. The number of nitrogens with one attached hydrogen (secondary N) is 1. The van der Waals surface area contributed by atoms with E-state index in [1.165, 1.54) is 24.3 Å². The van der Waals surface area contributed by atoms with E-state index in [9.17, 15) is 17.6 Å². The van der Waals surface area contributed by atoms with Gasteiger partial charge in [-0.2, -0.15) is 0 Å². The van der Waals surface area contributed by atoms with Gasteiger partial charge in [0.05, 0.1) is 0 Å². The first-order valence-corrected chi connectivity index (χ1v) is 6.06. The lowest BCUT2D eigenvalue weighted by atomic mass is 10.1. The van der Waals surface area contributed by atoms with E-state index in [4.69, 9.17) is 0 Å². The normalized spacial score (nSPS) is 11.8. The molecule has 0 radical (unpaired) electrons. The molecule has 1 heterocycles. The highest BCUT2D eigenvalue weighted by Gasteiger charge is 2.31. The summed E-state index contributed by atoms with van der Waals surface area (Å²) in [6.07, 6.45) is -4.74. The standard InChI is InChI=1S/C15H9F4NO/c16-12-5-2-6-13-11(12)8-14(20-13)9-3-1-4-10(7-9)21-15(17,18)19/h1-8,20H. The van der Waals surface area contributed by atoms with Gasteiger partial charge in [-0.3, -0.25) is 0 Å². The maximum atomic E-state index is 13.6. The van der Waals surface area contributed by atoms with Crippen molar-refractivity contribution in [3.63, 3.8) is 0 Å². The van der Waals surface area contributed by atoms with Crippen LogP contribution in [-0.2, 0) is 0 Å². The third-order valence-electron chi connectivity index (χ3n) is 2.99. The lowest BCUT2D eigenvalue weighted by Gasteiger charge is -2.09. The Bertz CT molecular complexity index is 792. The number of aromatic nitrogens is 1. The number of rotatable bonds is 2. The predicted molar refractivity (Wildman–Crippen MR) is 70.4 cm³/mol. The van der Waals surface area contributed by atoms with Crippen molar-refractivity contribution >= 4 is 10.9 Å². The van der Waals surface area contributed by atoms with Gasteiger partial charge in [-0.25, -0.2) is 4.39 Å². The van der Waals surface area contributed by atoms with Gasteiger partial charge >= 0.3 is 6.36 Å². The Hall–Kier alpha value is -2.50. The van der Waals surface area contributed by atoms with Crippen LogP contribution in [-0.4, -0.2) is 11.3 Å². The van der Waals surface area contributed by atoms with Crippen molar-refractivity contribution < 1.29 is 22.3 Å². The number of alkyl halides is 3. The second kappa shape index (κ2) is 4.80. The van der Waals surface area contributed by atoms with E-state index in [1.807, 2.05) is 0 Å². The van der Waals surface area contributed by atoms with Crippen LogP contribution in [0.2, 0.25) is 0 Å². The van der Waals surface area contributed by atoms with E-state index in [1.54, 1.807) is 24.3 Å². The summed E-state index contributed by atoms with van der Waals surface area (Å²) in [4.78, 5) is 2.97. The molecule has 0 saturated heterocycles. The molecule has 1 N–H and O–H groups in total. The number of fused-ring (bicyclic) bond motifs is 1. The highest BCUT2D eigenvalue weighted by Crippen LogP contribution is 2.30. The zero-order chi connectivity index (χ0) is 15.0. The number of aromatic amines is 1. The molecule has 21 heavy (non-hydrogen) atoms. The summed E-state index contributed by atoms with van der Waals surface area (Å²) < 4.78 is 54.1. The molecule has 0 aliphatic rings. The molecule has 6 heteroatoms. The van der Waals surface area contributed by atoms with Crippen LogP contribution in [0.5, 0.6) is 5.75 Å². The second-order valence-electron chi connectivity index (χ2n) is 4.46. The molecule has 1 aromatic heterocycles. The Labute approximate surface area is 117 Å². The van der Waals surface area contributed by atoms with E-state index in [0.717, 1.165) is 0 Å². The van der Waals surface area contributed by atoms with Gasteiger partial charge in [-0.15, -0.1) is 13.2 Å². The molecule has 3 aromatic rings. The van der Waals surface area contributed by atoms with E-state index >= 15 is 0 Å². The van der Waals surface area contributed by atoms with Gasteiger partial charge in [-0.05, 0) is 30.3 Å². The lowest BCUT2D eigenvalue weighted by molar-refractivity contribution is -0.274. The predicted octanol–water partition coefficient (Wildman–Crippen LogP) is 4.87. The van der Waals surface area contributed by atoms with Crippen molar-refractivity contribution in [2.45, 2.75) is 6.36 Å². The Morgan fingerprint density at radius 2 is 1.71 bits per heavy atom. The molecule has 108 valence electrons. The zero-order valence-electron chi connectivity index (χ0n) is 10.5. The van der Waals surface area contributed by atoms with Gasteiger partial charge in [0.2, 0.25) is 0 Å². The lowest BCUT2D eigenvalue weighted by Crippen LogP contribution is -2.17. The first-order chi connectivity index (χ1) is 9.92. The molecule has 2 aromatic carbocycles. The number of hydrogen-bond acceptors (Lipinski definition) is 1. The summed E-state index contributed by atoms with van der Waals surface area (Å²) in [5, 5.41) is 0.384. The van der Waals surface area contributed by atoms with Gasteiger partial charge in [0.25, 0.3) is 0 Å². The van der Waals surface area contributed by atoms with Crippen molar-refractivity contribution in [3.8, 4) is 17.0 Å². The number of benzene rings is 2. The molecule has 0 saturated carbocycles. The largest absolute Gasteiger partial charge is 0.573 e. The number of ether oxygens (including phenoxy) is 1. The molecule has 2 nitrogen and oxygen atoms in total. The smallest absolute Gasteiger partial charge is 0.406 e. The minimum atomic E-state index is -4.74. The van der Waals surface area contributed by atoms with Crippen molar-refractivity contribution in [1.82, 2.24) is 4.98 Å².